The van der Waals surface area contributed by atoms with E-state index in [4.69, 9.17) is 0 Å². The highest BCUT2D eigenvalue weighted by Gasteiger charge is 2.80. The Morgan fingerprint density at radius 3 is 1.26 bits per heavy atom. The molecule has 0 N–H and O–H groups in total. The van der Waals surface area contributed by atoms with Crippen LogP contribution in [0.15, 0.2) is 11.4 Å². The molecule has 0 saturated heterocycles. The van der Waals surface area contributed by atoms with Gasteiger partial charge >= 0.3 is 24.5 Å². The van der Waals surface area contributed by atoms with Crippen molar-refractivity contribution in [2.24, 2.45) is 5.41 Å². The van der Waals surface area contributed by atoms with E-state index in [0.29, 0.717) is 0 Å². The van der Waals surface area contributed by atoms with Crippen LogP contribution in [-0.2, 0) is 4.79 Å². The van der Waals surface area contributed by atoms with E-state index in [9.17, 15) is 57.5 Å². The third-order valence-corrected chi connectivity index (χ3v) is 2.88. The first-order chi connectivity index (χ1) is 9.73. The highest BCUT2D eigenvalue weighted by Crippen LogP contribution is 2.60. The summed E-state index contributed by atoms with van der Waals surface area (Å²) in [6.45, 7) is -1.29. The molecule has 0 aliphatic rings. The average Bonchev–Trinajstić information content (AvgIpc) is 2.23. The van der Waals surface area contributed by atoms with Crippen molar-refractivity contribution in [2.45, 2.75) is 38.3 Å². The molecule has 0 saturated carbocycles. The first-order valence-electron chi connectivity index (χ1n) is 5.22. The highest BCUT2D eigenvalue weighted by molar-refractivity contribution is 6.01. The number of hydrogen-bond acceptors (Lipinski definition) is 1. The third-order valence-electron chi connectivity index (χ3n) is 2.88. The van der Waals surface area contributed by atoms with Gasteiger partial charge in [0.05, 0.1) is 5.57 Å². The summed E-state index contributed by atoms with van der Waals surface area (Å²) in [6.07, 6.45) is -20.1. The molecule has 1 atom stereocenters. The van der Waals surface area contributed by atoms with Crippen LogP contribution in [0.5, 0.6) is 0 Å². The Labute approximate surface area is 119 Å². The molecule has 23 heavy (non-hydrogen) atoms. The minimum Gasteiger partial charge on any atom is -0.284 e. The van der Waals surface area contributed by atoms with Gasteiger partial charge in [-0.1, -0.05) is 0 Å². The van der Waals surface area contributed by atoms with E-state index < -0.39 is 54.0 Å². The lowest BCUT2D eigenvalue weighted by molar-refractivity contribution is -0.369. The number of ketones is 1. The van der Waals surface area contributed by atoms with Crippen LogP contribution in [-0.4, -0.2) is 30.2 Å². The van der Waals surface area contributed by atoms with Gasteiger partial charge in [0, 0.05) is 0 Å². The lowest BCUT2D eigenvalue weighted by Gasteiger charge is -2.40. The maximum atomic E-state index is 13.3. The standard InChI is InChI=1S/C10H6F12O/c1-3(11)4(5(23)7(12,13)14)6(2,9(17,18)19)8(15,16)10(20,21)22/h1-2H3/b4-3-. The van der Waals surface area contributed by atoms with Crippen LogP contribution in [0, 0.1) is 5.41 Å². The van der Waals surface area contributed by atoms with Gasteiger partial charge in [-0.25, -0.2) is 4.39 Å². The van der Waals surface area contributed by atoms with Crippen LogP contribution in [0.2, 0.25) is 0 Å². The maximum absolute atomic E-state index is 13.3. The van der Waals surface area contributed by atoms with E-state index in [1.807, 2.05) is 0 Å². The molecule has 0 aliphatic heterocycles. The summed E-state index contributed by atoms with van der Waals surface area (Å²) in [5.41, 5.74) is -9.15. The SMILES string of the molecule is C/C(F)=C(\C(=O)C(F)(F)F)C(C)(C(F)(F)F)C(F)(F)C(F)(F)F. The molecular weight excluding hydrogens is 364 g/mol. The van der Waals surface area contributed by atoms with Crippen molar-refractivity contribution < 1.29 is 57.5 Å². The highest BCUT2D eigenvalue weighted by atomic mass is 19.4. The predicted octanol–water partition coefficient (Wildman–Crippen LogP) is 5.13. The molecule has 13 heteroatoms. The Bertz CT molecular complexity index is 501. The van der Waals surface area contributed by atoms with Crippen molar-refractivity contribution in [3.05, 3.63) is 11.4 Å². The van der Waals surface area contributed by atoms with E-state index in [1.54, 1.807) is 0 Å². The largest absolute Gasteiger partial charge is 0.454 e. The summed E-state index contributed by atoms with van der Waals surface area (Å²) in [4.78, 5) is 10.8. The van der Waals surface area contributed by atoms with Gasteiger partial charge in [-0.2, -0.15) is 48.3 Å². The monoisotopic (exact) mass is 370 g/mol. The molecule has 0 heterocycles. The van der Waals surface area contributed by atoms with Gasteiger partial charge < -0.3 is 0 Å². The quantitative estimate of drug-likeness (QED) is 0.498. The molecule has 0 aliphatic carbocycles. The number of carbonyl (C=O) groups is 1. The number of carbonyl (C=O) groups excluding carboxylic acids is 1. The molecule has 0 bridgehead atoms. The minimum absolute atomic E-state index is 0.268. The Balaban J connectivity index is 6.88. The van der Waals surface area contributed by atoms with E-state index in [2.05, 4.69) is 0 Å². The van der Waals surface area contributed by atoms with Crippen LogP contribution in [0.4, 0.5) is 52.7 Å². The van der Waals surface area contributed by atoms with Gasteiger partial charge in [0.1, 0.15) is 5.83 Å². The predicted molar refractivity (Wildman–Crippen MR) is 50.0 cm³/mol. The van der Waals surface area contributed by atoms with Crippen LogP contribution in [0.25, 0.3) is 0 Å². The molecule has 136 valence electrons. The smallest absolute Gasteiger partial charge is 0.284 e. The summed E-state index contributed by atoms with van der Waals surface area (Å²) in [5, 5.41) is 0. The van der Waals surface area contributed by atoms with Gasteiger partial charge in [0.25, 0.3) is 5.78 Å². The lowest BCUT2D eigenvalue weighted by Crippen LogP contribution is -2.60. The molecule has 0 amide bonds. The molecule has 0 aromatic heterocycles. The van der Waals surface area contributed by atoms with Crippen molar-refractivity contribution in [3.63, 3.8) is 0 Å². The van der Waals surface area contributed by atoms with Crippen molar-refractivity contribution in [1.29, 1.82) is 0 Å². The fourth-order valence-electron chi connectivity index (χ4n) is 1.63. The van der Waals surface area contributed by atoms with Gasteiger partial charge in [-0.05, 0) is 13.8 Å². The minimum atomic E-state index is -7.01. The molecular formula is C10H6F12O. The number of allylic oxidation sites excluding steroid dienone is 2. The van der Waals surface area contributed by atoms with Crippen LogP contribution in [0.3, 0.4) is 0 Å². The molecule has 0 radical (unpaired) electrons. The first-order valence-corrected chi connectivity index (χ1v) is 5.22. The van der Waals surface area contributed by atoms with Crippen LogP contribution < -0.4 is 0 Å². The van der Waals surface area contributed by atoms with Crippen LogP contribution in [0.1, 0.15) is 13.8 Å². The first kappa shape index (κ1) is 21.6. The Morgan fingerprint density at radius 2 is 1.09 bits per heavy atom. The second-order valence-corrected chi connectivity index (χ2v) is 4.43. The molecule has 0 fully saturated rings. The molecule has 1 nitrogen and oxygen atoms in total. The zero-order valence-electron chi connectivity index (χ0n) is 10.9. The summed E-state index contributed by atoms with van der Waals surface area (Å²) >= 11 is 0. The number of alkyl halides is 11. The second-order valence-electron chi connectivity index (χ2n) is 4.43. The number of halogens is 12. The van der Waals surface area contributed by atoms with E-state index in [0.717, 1.165) is 0 Å². The van der Waals surface area contributed by atoms with Crippen LogP contribution >= 0.6 is 0 Å². The van der Waals surface area contributed by atoms with Crippen molar-refractivity contribution in [1.82, 2.24) is 0 Å². The van der Waals surface area contributed by atoms with Gasteiger partial charge in [-0.15, -0.1) is 0 Å². The van der Waals surface area contributed by atoms with Gasteiger partial charge in [0.2, 0.25) is 0 Å². The van der Waals surface area contributed by atoms with Crippen molar-refractivity contribution in [2.75, 3.05) is 0 Å². The number of hydrogen-bond donors (Lipinski definition) is 0. The zero-order valence-corrected chi connectivity index (χ0v) is 10.9. The van der Waals surface area contributed by atoms with Gasteiger partial charge in [-0.3, -0.25) is 4.79 Å². The van der Waals surface area contributed by atoms with E-state index >= 15 is 0 Å². The number of rotatable bonds is 3. The Kier molecular flexibility index (Phi) is 5.23. The van der Waals surface area contributed by atoms with Crippen molar-refractivity contribution in [3.8, 4) is 0 Å². The molecule has 0 spiro atoms. The fourth-order valence-corrected chi connectivity index (χ4v) is 1.63. The summed E-state index contributed by atoms with van der Waals surface area (Å²) < 4.78 is 151. The summed E-state index contributed by atoms with van der Waals surface area (Å²) in [6, 6.07) is 0. The molecule has 0 aromatic rings. The average molecular weight is 370 g/mol. The molecule has 0 rings (SSSR count). The lowest BCUT2D eigenvalue weighted by atomic mass is 9.72. The fraction of sp³-hybridized carbons (Fsp3) is 0.700. The molecule has 1 unspecified atom stereocenters. The Morgan fingerprint density at radius 1 is 0.739 bits per heavy atom. The third kappa shape index (κ3) is 3.42. The Hall–Kier alpha value is -1.43. The topological polar surface area (TPSA) is 17.1 Å². The van der Waals surface area contributed by atoms with E-state index in [-0.39, 0.29) is 6.92 Å². The number of Topliss-reactive ketones (excluding diaryl/α,β-unsaturated/α-hetero) is 1. The van der Waals surface area contributed by atoms with E-state index in [1.165, 1.54) is 0 Å². The maximum Gasteiger partial charge on any atom is 0.454 e. The summed E-state index contributed by atoms with van der Waals surface area (Å²) in [7, 11) is 0. The molecule has 0 aromatic carbocycles. The summed E-state index contributed by atoms with van der Waals surface area (Å²) in [5.74, 6) is -13.5. The second kappa shape index (κ2) is 5.58. The normalized spacial score (nSPS) is 18.3. The van der Waals surface area contributed by atoms with Crippen molar-refractivity contribution >= 4 is 5.78 Å². The zero-order chi connectivity index (χ0) is 19.2. The van der Waals surface area contributed by atoms with Gasteiger partial charge in [0.15, 0.2) is 5.41 Å².